The molecule has 0 radical (unpaired) electrons. The summed E-state index contributed by atoms with van der Waals surface area (Å²) in [6.45, 7) is 5.65. The number of nitrogens with zero attached hydrogens (tertiary/aromatic N) is 4. The number of hydrogen-bond donors (Lipinski definition) is 3. The summed E-state index contributed by atoms with van der Waals surface area (Å²) in [6, 6.07) is 9.67. The fraction of sp³-hybridized carbons (Fsp3) is 0.611. The molecular formula is C36H48ClF3N6O4. The molecule has 274 valence electrons. The van der Waals surface area contributed by atoms with E-state index in [1.165, 1.54) is 25.3 Å². The average molecular weight is 721 g/mol. The number of nitrogens with two attached hydrogens (primary N) is 1. The van der Waals surface area contributed by atoms with E-state index in [0.717, 1.165) is 56.2 Å². The number of amides is 3. The smallest absolute Gasteiger partial charge is 0.397 e. The molecule has 50 heavy (non-hydrogen) atoms. The normalized spacial score (nSPS) is 21.5. The third-order valence-electron chi connectivity index (χ3n) is 10.8. The van der Waals surface area contributed by atoms with Crippen LogP contribution < -0.4 is 11.1 Å². The number of carbonyl (C=O) groups is 2. The van der Waals surface area contributed by atoms with Crippen LogP contribution in [0.15, 0.2) is 36.4 Å². The number of likely N-dealkylation sites (tertiary alicyclic amines) is 3. The Morgan fingerprint density at radius 1 is 1.02 bits per heavy atom. The van der Waals surface area contributed by atoms with Crippen LogP contribution in [0.4, 0.5) is 29.3 Å². The van der Waals surface area contributed by atoms with Gasteiger partial charge in [0, 0.05) is 50.9 Å². The number of nitrogens with one attached hydrogen (secondary N) is 1. The Balaban J connectivity index is 1.10. The van der Waals surface area contributed by atoms with Crippen LogP contribution >= 0.6 is 11.6 Å². The van der Waals surface area contributed by atoms with Gasteiger partial charge < -0.3 is 35.6 Å². The van der Waals surface area contributed by atoms with E-state index in [1.54, 1.807) is 14.7 Å². The quantitative estimate of drug-likeness (QED) is 0.211. The van der Waals surface area contributed by atoms with E-state index in [1.807, 2.05) is 24.3 Å². The zero-order valence-corrected chi connectivity index (χ0v) is 29.1. The third-order valence-corrected chi connectivity index (χ3v) is 11.1. The first-order chi connectivity index (χ1) is 24.0. The maximum atomic E-state index is 14.0. The number of rotatable bonds is 10. The first-order valence-corrected chi connectivity index (χ1v) is 18.2. The average Bonchev–Trinajstić information content (AvgIpc) is 3.11. The summed E-state index contributed by atoms with van der Waals surface area (Å²) in [7, 11) is 0. The fourth-order valence-corrected chi connectivity index (χ4v) is 8.04. The zero-order valence-electron chi connectivity index (χ0n) is 28.3. The lowest BCUT2D eigenvalue weighted by Gasteiger charge is -2.42. The van der Waals surface area contributed by atoms with Gasteiger partial charge in [0.15, 0.2) is 0 Å². The lowest BCUT2D eigenvalue weighted by Crippen LogP contribution is -2.54. The molecule has 14 heteroatoms. The van der Waals surface area contributed by atoms with E-state index < -0.39 is 29.9 Å². The van der Waals surface area contributed by atoms with Crippen molar-refractivity contribution in [1.29, 1.82) is 0 Å². The third kappa shape index (κ3) is 8.85. The van der Waals surface area contributed by atoms with E-state index in [2.05, 4.69) is 10.2 Å². The predicted molar refractivity (Wildman–Crippen MR) is 185 cm³/mol. The van der Waals surface area contributed by atoms with Gasteiger partial charge in [0.05, 0.1) is 16.3 Å². The van der Waals surface area contributed by atoms with E-state index in [4.69, 9.17) is 22.1 Å². The van der Waals surface area contributed by atoms with Gasteiger partial charge in [0.25, 0.3) is 5.91 Å². The Labute approximate surface area is 296 Å². The molecule has 3 amide bonds. The van der Waals surface area contributed by atoms with Crippen molar-refractivity contribution in [3.63, 3.8) is 0 Å². The Hall–Kier alpha value is -3.10. The highest BCUT2D eigenvalue weighted by atomic mass is 35.5. The summed E-state index contributed by atoms with van der Waals surface area (Å²) in [4.78, 5) is 34.6. The lowest BCUT2D eigenvalue weighted by atomic mass is 9.92. The molecule has 6 rings (SSSR count). The summed E-state index contributed by atoms with van der Waals surface area (Å²) < 4.78 is 47.5. The number of fused-ring (bicyclic) bond motifs is 1. The van der Waals surface area contributed by atoms with Crippen molar-refractivity contribution in [3.8, 4) is 0 Å². The number of aliphatic hydroxyl groups excluding tert-OH is 1. The summed E-state index contributed by atoms with van der Waals surface area (Å²) in [5.41, 5.74) is 5.98. The van der Waals surface area contributed by atoms with Gasteiger partial charge in [-0.15, -0.1) is 0 Å². The van der Waals surface area contributed by atoms with E-state index in [9.17, 15) is 27.9 Å². The summed E-state index contributed by atoms with van der Waals surface area (Å²) >= 11 is 6.13. The van der Waals surface area contributed by atoms with E-state index in [0.29, 0.717) is 51.5 Å². The molecule has 3 saturated heterocycles. The SMILES string of the molecule is Nc1c(Cl)cc(C[C@@H](OC(O)N2CCC(N3Cc4ccccc4NC3=O)CC2)C(=O)N2CCC(CCN3CCCCC3)CC2)cc1C(F)(F)F. The molecule has 4 heterocycles. The van der Waals surface area contributed by atoms with Gasteiger partial charge >= 0.3 is 12.2 Å². The Morgan fingerprint density at radius 2 is 1.72 bits per heavy atom. The molecular weight excluding hydrogens is 673 g/mol. The Kier molecular flexibility index (Phi) is 11.8. The molecule has 2 atom stereocenters. The van der Waals surface area contributed by atoms with Gasteiger partial charge in [0.2, 0.25) is 6.41 Å². The Morgan fingerprint density at radius 3 is 2.42 bits per heavy atom. The van der Waals surface area contributed by atoms with Crippen molar-refractivity contribution < 1.29 is 32.6 Å². The van der Waals surface area contributed by atoms with Crippen molar-refractivity contribution in [2.24, 2.45) is 5.92 Å². The van der Waals surface area contributed by atoms with Crippen LogP contribution in [0.1, 0.15) is 68.1 Å². The number of urea groups is 1. The zero-order chi connectivity index (χ0) is 35.4. The summed E-state index contributed by atoms with van der Waals surface area (Å²) in [5.74, 6) is 0.117. The monoisotopic (exact) mass is 720 g/mol. The minimum absolute atomic E-state index is 0.0573. The van der Waals surface area contributed by atoms with Crippen molar-refractivity contribution in [1.82, 2.24) is 19.6 Å². The van der Waals surface area contributed by atoms with Gasteiger partial charge in [-0.25, -0.2) is 4.79 Å². The number of aliphatic hydroxyl groups is 1. The highest BCUT2D eigenvalue weighted by Crippen LogP contribution is 2.38. The molecule has 1 unspecified atom stereocenters. The van der Waals surface area contributed by atoms with Crippen molar-refractivity contribution in [3.05, 3.63) is 58.1 Å². The number of halogens is 4. The number of anilines is 2. The maximum Gasteiger partial charge on any atom is 0.418 e. The second kappa shape index (κ2) is 16.1. The highest BCUT2D eigenvalue weighted by molar-refractivity contribution is 6.33. The second-order valence-corrected chi connectivity index (χ2v) is 14.5. The number of nitrogen functional groups attached to an aromatic ring is 1. The molecule has 10 nitrogen and oxygen atoms in total. The summed E-state index contributed by atoms with van der Waals surface area (Å²) in [6.07, 6.45) is -0.0249. The molecule has 2 aromatic carbocycles. The fourth-order valence-electron chi connectivity index (χ4n) is 7.80. The number of alkyl halides is 3. The number of piperidine rings is 3. The van der Waals surface area contributed by atoms with Crippen LogP contribution in [0.25, 0.3) is 0 Å². The van der Waals surface area contributed by atoms with Crippen molar-refractivity contribution in [2.45, 2.75) is 89.1 Å². The predicted octanol–water partition coefficient (Wildman–Crippen LogP) is 5.77. The first-order valence-electron chi connectivity index (χ1n) is 17.9. The maximum absolute atomic E-state index is 14.0. The Bertz CT molecular complexity index is 1490. The van der Waals surface area contributed by atoms with Crippen LogP contribution in [0.3, 0.4) is 0 Å². The molecule has 3 fully saturated rings. The minimum atomic E-state index is -4.74. The molecule has 0 saturated carbocycles. The van der Waals surface area contributed by atoms with Crippen LogP contribution in [0, 0.1) is 5.92 Å². The minimum Gasteiger partial charge on any atom is -0.397 e. The van der Waals surface area contributed by atoms with Crippen molar-refractivity contribution >= 4 is 34.9 Å². The molecule has 0 spiro atoms. The van der Waals surface area contributed by atoms with E-state index in [-0.39, 0.29) is 35.0 Å². The van der Waals surface area contributed by atoms with Gasteiger partial charge in [-0.2, -0.15) is 13.2 Å². The number of carbonyl (C=O) groups excluding carboxylic acids is 2. The number of para-hydroxylation sites is 1. The molecule has 4 aliphatic rings. The molecule has 0 aromatic heterocycles. The molecule has 0 bridgehead atoms. The van der Waals surface area contributed by atoms with E-state index >= 15 is 0 Å². The van der Waals surface area contributed by atoms with Crippen LogP contribution in [0.2, 0.25) is 5.02 Å². The second-order valence-electron chi connectivity index (χ2n) is 14.1. The van der Waals surface area contributed by atoms with Crippen molar-refractivity contribution in [2.75, 3.05) is 56.9 Å². The standard InChI is InChI=1S/C36H48ClF3N6O4/c37-29-21-25(20-28(32(29)41)36(38,39)40)22-31(33(47)44-16-9-24(10-17-44)8-15-43-13-4-1-5-14-43)50-35(49)45-18-11-27(12-19-45)46-23-26-6-2-3-7-30(26)42-34(46)48/h2-3,6-7,20-21,24,27,31,35,49H,1,4-5,8-19,22-23,41H2,(H,42,48)/t31-,35?/m1/s1. The van der Waals surface area contributed by atoms with Crippen LogP contribution in [-0.2, 0) is 28.7 Å². The highest BCUT2D eigenvalue weighted by Gasteiger charge is 2.38. The summed E-state index contributed by atoms with van der Waals surface area (Å²) in [5, 5.41) is 14.0. The van der Waals surface area contributed by atoms with Crippen LogP contribution in [0.5, 0.6) is 0 Å². The number of benzene rings is 2. The van der Waals surface area contributed by atoms with Gasteiger partial charge in [0.1, 0.15) is 6.10 Å². The first kappa shape index (κ1) is 36.7. The van der Waals surface area contributed by atoms with Gasteiger partial charge in [-0.1, -0.05) is 36.2 Å². The molecule has 4 aliphatic heterocycles. The number of ether oxygens (including phenoxy) is 1. The lowest BCUT2D eigenvalue weighted by molar-refractivity contribution is -0.225. The topological polar surface area (TPSA) is 115 Å². The van der Waals surface area contributed by atoms with Gasteiger partial charge in [-0.05, 0) is 99.8 Å². The largest absolute Gasteiger partial charge is 0.418 e. The molecule has 0 aliphatic carbocycles. The number of hydrogen-bond acceptors (Lipinski definition) is 7. The molecule has 4 N–H and O–H groups in total. The molecule has 2 aromatic rings. The van der Waals surface area contributed by atoms with Gasteiger partial charge in [-0.3, -0.25) is 9.69 Å². The van der Waals surface area contributed by atoms with Crippen LogP contribution in [-0.4, -0.2) is 101 Å².